The molecule has 0 aromatic heterocycles. The van der Waals surface area contributed by atoms with Gasteiger partial charge in [0.2, 0.25) is 10.0 Å². The van der Waals surface area contributed by atoms with Crippen LogP contribution in [0.15, 0.2) is 17.0 Å². The maximum atomic E-state index is 12.2. The maximum Gasteiger partial charge on any atom is 0.242 e. The Bertz CT molecular complexity index is 560. The van der Waals surface area contributed by atoms with Gasteiger partial charge in [-0.2, -0.15) is 0 Å². The van der Waals surface area contributed by atoms with Crippen molar-refractivity contribution < 1.29 is 8.42 Å². The third-order valence-electron chi connectivity index (χ3n) is 2.56. The van der Waals surface area contributed by atoms with Crippen molar-refractivity contribution in [2.45, 2.75) is 44.7 Å². The molecule has 0 unspecified atom stereocenters. The summed E-state index contributed by atoms with van der Waals surface area (Å²) in [7, 11) is -3.63. The first-order valence-corrected chi connectivity index (χ1v) is 8.73. The molecule has 4 nitrogen and oxygen atoms in total. The molecule has 0 atom stereocenters. The molecule has 7 heteroatoms. The van der Waals surface area contributed by atoms with Crippen LogP contribution in [0.4, 0.5) is 0 Å². The Kier molecular flexibility index (Phi) is 6.75. The summed E-state index contributed by atoms with van der Waals surface area (Å²) in [5, 5.41) is 3.80. The molecule has 0 heterocycles. The summed E-state index contributed by atoms with van der Waals surface area (Å²) < 4.78 is 26.9. The van der Waals surface area contributed by atoms with E-state index in [4.69, 9.17) is 23.2 Å². The second kappa shape index (κ2) is 7.61. The lowest BCUT2D eigenvalue weighted by Gasteiger charge is -2.14. The second-order valence-corrected chi connectivity index (χ2v) is 7.26. The van der Waals surface area contributed by atoms with E-state index >= 15 is 0 Å². The quantitative estimate of drug-likeness (QED) is 0.750. The van der Waals surface area contributed by atoms with Crippen molar-refractivity contribution in [3.8, 4) is 0 Å². The van der Waals surface area contributed by atoms with Crippen LogP contribution in [0, 0.1) is 0 Å². The summed E-state index contributed by atoms with van der Waals surface area (Å²) >= 11 is 12.3. The van der Waals surface area contributed by atoms with Gasteiger partial charge in [0.15, 0.2) is 0 Å². The molecule has 1 aromatic rings. The minimum absolute atomic E-state index is 0.0607. The fraction of sp³-hybridized carbons (Fsp3) is 0.538. The van der Waals surface area contributed by atoms with Gasteiger partial charge in [-0.1, -0.05) is 30.1 Å². The molecule has 0 fully saturated rings. The van der Waals surface area contributed by atoms with E-state index in [2.05, 4.69) is 10.0 Å². The van der Waals surface area contributed by atoms with Gasteiger partial charge in [0, 0.05) is 23.2 Å². The van der Waals surface area contributed by atoms with Crippen molar-refractivity contribution >= 4 is 33.2 Å². The minimum Gasteiger partial charge on any atom is -0.313 e. The molecule has 0 radical (unpaired) electrons. The lowest BCUT2D eigenvalue weighted by atomic mass is 10.2. The Hall–Kier alpha value is -0.330. The van der Waals surface area contributed by atoms with E-state index in [0.717, 1.165) is 13.0 Å². The van der Waals surface area contributed by atoms with Crippen LogP contribution in [0.2, 0.25) is 10.0 Å². The predicted molar refractivity (Wildman–Crippen MR) is 83.9 cm³/mol. The molecule has 2 N–H and O–H groups in total. The van der Waals surface area contributed by atoms with Gasteiger partial charge in [-0.25, -0.2) is 13.1 Å². The fourth-order valence-corrected chi connectivity index (χ4v) is 3.87. The summed E-state index contributed by atoms with van der Waals surface area (Å²) in [6.07, 6.45) is 0.974. The van der Waals surface area contributed by atoms with Crippen molar-refractivity contribution in [1.82, 2.24) is 10.0 Å². The zero-order chi connectivity index (χ0) is 15.3. The minimum atomic E-state index is -3.63. The number of hydrogen-bond acceptors (Lipinski definition) is 3. The number of sulfonamides is 1. The first-order chi connectivity index (χ1) is 9.29. The highest BCUT2D eigenvalue weighted by molar-refractivity contribution is 7.89. The highest BCUT2D eigenvalue weighted by Crippen LogP contribution is 2.31. The van der Waals surface area contributed by atoms with E-state index < -0.39 is 10.0 Å². The van der Waals surface area contributed by atoms with Gasteiger partial charge < -0.3 is 5.32 Å². The topological polar surface area (TPSA) is 58.2 Å². The average molecular weight is 339 g/mol. The molecular weight excluding hydrogens is 319 g/mol. The number of benzene rings is 1. The molecule has 0 spiro atoms. The van der Waals surface area contributed by atoms with Crippen LogP contribution in [0.1, 0.15) is 32.8 Å². The van der Waals surface area contributed by atoms with E-state index in [9.17, 15) is 8.42 Å². The normalized spacial score (nSPS) is 12.1. The van der Waals surface area contributed by atoms with Gasteiger partial charge in [-0.05, 0) is 38.9 Å². The van der Waals surface area contributed by atoms with Crippen LogP contribution in [0.5, 0.6) is 0 Å². The molecule has 0 aliphatic carbocycles. The largest absolute Gasteiger partial charge is 0.313 e. The second-order valence-electron chi connectivity index (χ2n) is 4.79. The third-order valence-corrected chi connectivity index (χ3v) is 5.16. The number of rotatable bonds is 7. The molecule has 1 rings (SSSR count). The van der Waals surface area contributed by atoms with E-state index in [-0.39, 0.29) is 16.0 Å². The molecule has 0 bridgehead atoms. The predicted octanol–water partition coefficient (Wildman–Crippen LogP) is 3.18. The van der Waals surface area contributed by atoms with Crippen molar-refractivity contribution in [3.05, 3.63) is 27.7 Å². The SMILES string of the molecule is CCCNCc1c(Cl)ccc(S(=O)(=O)NC(C)C)c1Cl. The standard InChI is InChI=1S/C13H20Cl2N2O2S/c1-4-7-16-8-10-11(14)5-6-12(13(10)15)20(18,19)17-9(2)3/h5-6,9,16-17H,4,7-8H2,1-3H3. The zero-order valence-electron chi connectivity index (χ0n) is 11.8. The lowest BCUT2D eigenvalue weighted by molar-refractivity contribution is 0.569. The highest BCUT2D eigenvalue weighted by atomic mass is 35.5. The molecule has 0 saturated heterocycles. The molecule has 0 amide bonds. The monoisotopic (exact) mass is 338 g/mol. The number of hydrogen-bond donors (Lipinski definition) is 2. The first-order valence-electron chi connectivity index (χ1n) is 6.49. The molecule has 0 aliphatic heterocycles. The molecule has 0 saturated carbocycles. The third kappa shape index (κ3) is 4.60. The van der Waals surface area contributed by atoms with Crippen LogP contribution in [0.3, 0.4) is 0 Å². The Labute approximate surface area is 130 Å². The van der Waals surface area contributed by atoms with Gasteiger partial charge in [-0.3, -0.25) is 0 Å². The van der Waals surface area contributed by atoms with Crippen molar-refractivity contribution in [1.29, 1.82) is 0 Å². The summed E-state index contributed by atoms with van der Waals surface area (Å²) in [5.74, 6) is 0. The van der Waals surface area contributed by atoms with Crippen LogP contribution < -0.4 is 10.0 Å². The number of nitrogens with one attached hydrogen (secondary N) is 2. The van der Waals surface area contributed by atoms with Gasteiger partial charge in [0.05, 0.1) is 5.02 Å². The zero-order valence-corrected chi connectivity index (χ0v) is 14.2. The van der Waals surface area contributed by atoms with E-state index in [1.54, 1.807) is 19.9 Å². The first kappa shape index (κ1) is 17.7. The van der Waals surface area contributed by atoms with Crippen molar-refractivity contribution in [2.75, 3.05) is 6.54 Å². The Morgan fingerprint density at radius 2 is 1.90 bits per heavy atom. The van der Waals surface area contributed by atoms with Crippen LogP contribution in [-0.2, 0) is 16.6 Å². The van der Waals surface area contributed by atoms with Gasteiger partial charge in [0.1, 0.15) is 4.90 Å². The molecule has 20 heavy (non-hydrogen) atoms. The smallest absolute Gasteiger partial charge is 0.242 e. The average Bonchev–Trinajstić information content (AvgIpc) is 2.31. The summed E-state index contributed by atoms with van der Waals surface area (Å²) in [6.45, 7) is 6.81. The van der Waals surface area contributed by atoms with Gasteiger partial charge in [0.25, 0.3) is 0 Å². The number of halogens is 2. The Morgan fingerprint density at radius 3 is 2.45 bits per heavy atom. The molecule has 114 valence electrons. The van der Waals surface area contributed by atoms with Crippen LogP contribution in [0.25, 0.3) is 0 Å². The Balaban J connectivity index is 3.14. The lowest BCUT2D eigenvalue weighted by Crippen LogP contribution is -2.30. The highest BCUT2D eigenvalue weighted by Gasteiger charge is 2.22. The van der Waals surface area contributed by atoms with E-state index in [1.807, 2.05) is 6.92 Å². The maximum absolute atomic E-state index is 12.2. The summed E-state index contributed by atoms with van der Waals surface area (Å²) in [6, 6.07) is 2.79. The van der Waals surface area contributed by atoms with Crippen molar-refractivity contribution in [2.24, 2.45) is 0 Å². The molecular formula is C13H20Cl2N2O2S. The molecule has 1 aromatic carbocycles. The van der Waals surface area contributed by atoms with Crippen LogP contribution >= 0.6 is 23.2 Å². The Morgan fingerprint density at radius 1 is 1.25 bits per heavy atom. The molecule has 0 aliphatic rings. The summed E-state index contributed by atoms with van der Waals surface area (Å²) in [4.78, 5) is 0.0607. The fourth-order valence-electron chi connectivity index (χ4n) is 1.71. The van der Waals surface area contributed by atoms with Gasteiger partial charge >= 0.3 is 0 Å². The van der Waals surface area contributed by atoms with Crippen molar-refractivity contribution in [3.63, 3.8) is 0 Å². The van der Waals surface area contributed by atoms with Crippen LogP contribution in [-0.4, -0.2) is 21.0 Å². The van der Waals surface area contributed by atoms with E-state index in [1.165, 1.54) is 6.07 Å². The summed E-state index contributed by atoms with van der Waals surface area (Å²) in [5.41, 5.74) is 0.605. The van der Waals surface area contributed by atoms with Gasteiger partial charge in [-0.15, -0.1) is 0 Å². The van der Waals surface area contributed by atoms with E-state index in [0.29, 0.717) is 17.1 Å².